The van der Waals surface area contributed by atoms with Crippen LogP contribution in [0.15, 0.2) is 27.1 Å². The molecule has 0 spiro atoms. The Labute approximate surface area is 127 Å². The molecule has 0 radical (unpaired) electrons. The Morgan fingerprint density at radius 2 is 1.94 bits per heavy atom. The number of rotatable bonds is 7. The van der Waals surface area contributed by atoms with Crippen LogP contribution >= 0.6 is 31.9 Å². The molecule has 0 bridgehead atoms. The van der Waals surface area contributed by atoms with Crippen LogP contribution in [0, 0.1) is 12.3 Å². The lowest BCUT2D eigenvalue weighted by molar-refractivity contribution is 0.487. The minimum absolute atomic E-state index is 0.382. The van der Waals surface area contributed by atoms with Crippen LogP contribution in [0.3, 0.4) is 0 Å². The highest BCUT2D eigenvalue weighted by molar-refractivity contribution is 9.11. The molecule has 1 aromatic rings. The molecule has 3 heteroatoms. The summed E-state index contributed by atoms with van der Waals surface area (Å²) in [4.78, 5) is 0. The van der Waals surface area contributed by atoms with Gasteiger partial charge in [-0.05, 0) is 49.6 Å². The number of unbranched alkanes of at least 4 members (excludes halogenated alkanes) is 1. The van der Waals surface area contributed by atoms with Gasteiger partial charge in [0, 0.05) is 21.4 Å². The highest BCUT2D eigenvalue weighted by Crippen LogP contribution is 2.27. The second-order valence-electron chi connectivity index (χ2n) is 4.31. The van der Waals surface area contributed by atoms with Gasteiger partial charge in [0.15, 0.2) is 0 Å². The average molecular weight is 373 g/mol. The molecule has 18 heavy (non-hydrogen) atoms. The highest BCUT2D eigenvalue weighted by atomic mass is 79.9. The molecule has 1 aromatic carbocycles. The van der Waals surface area contributed by atoms with Crippen molar-refractivity contribution in [2.75, 3.05) is 6.54 Å². The van der Waals surface area contributed by atoms with E-state index in [1.165, 1.54) is 5.56 Å². The first kappa shape index (κ1) is 15.8. The van der Waals surface area contributed by atoms with Gasteiger partial charge < -0.3 is 5.32 Å². The van der Waals surface area contributed by atoms with Gasteiger partial charge in [-0.15, -0.1) is 12.3 Å². The number of terminal acetylenes is 1. The predicted molar refractivity (Wildman–Crippen MR) is 85.6 cm³/mol. The molecule has 98 valence electrons. The first-order valence-corrected chi connectivity index (χ1v) is 7.88. The summed E-state index contributed by atoms with van der Waals surface area (Å²) in [5.74, 6) is 2.71. The zero-order valence-electron chi connectivity index (χ0n) is 10.7. The molecule has 1 unspecified atom stereocenters. The maximum atomic E-state index is 5.32. The van der Waals surface area contributed by atoms with Gasteiger partial charge in [0.05, 0.1) is 0 Å². The molecule has 0 aliphatic rings. The normalized spacial score (nSPS) is 12.1. The fourth-order valence-electron chi connectivity index (χ4n) is 1.89. The van der Waals surface area contributed by atoms with Crippen molar-refractivity contribution in [3.05, 3.63) is 32.7 Å². The van der Waals surface area contributed by atoms with Crippen LogP contribution in [0.2, 0.25) is 0 Å². The Balaban J connectivity index is 2.76. The quantitative estimate of drug-likeness (QED) is 0.521. The van der Waals surface area contributed by atoms with Gasteiger partial charge in [0.25, 0.3) is 0 Å². The van der Waals surface area contributed by atoms with Crippen molar-refractivity contribution in [3.63, 3.8) is 0 Å². The second kappa shape index (κ2) is 8.74. The molecule has 1 N–H and O–H groups in total. The van der Waals surface area contributed by atoms with E-state index in [2.05, 4.69) is 68.2 Å². The van der Waals surface area contributed by atoms with E-state index < -0.39 is 0 Å². The number of hydrogen-bond acceptors (Lipinski definition) is 1. The Bertz CT molecular complexity index is 389. The largest absolute Gasteiger partial charge is 0.310 e. The third kappa shape index (κ3) is 5.56. The first-order valence-electron chi connectivity index (χ1n) is 6.30. The molecule has 0 aromatic heterocycles. The summed E-state index contributed by atoms with van der Waals surface area (Å²) in [6.07, 6.45) is 9.44. The van der Waals surface area contributed by atoms with Crippen molar-refractivity contribution in [2.45, 2.75) is 38.6 Å². The Morgan fingerprint density at radius 1 is 1.28 bits per heavy atom. The summed E-state index contributed by atoms with van der Waals surface area (Å²) < 4.78 is 2.21. The van der Waals surface area contributed by atoms with E-state index in [1.54, 1.807) is 0 Å². The van der Waals surface area contributed by atoms with Gasteiger partial charge in [-0.3, -0.25) is 0 Å². The van der Waals surface area contributed by atoms with Gasteiger partial charge in [-0.2, -0.15) is 0 Å². The molecular weight excluding hydrogens is 354 g/mol. The van der Waals surface area contributed by atoms with Crippen molar-refractivity contribution >= 4 is 31.9 Å². The average Bonchev–Trinajstić information content (AvgIpc) is 2.32. The van der Waals surface area contributed by atoms with Gasteiger partial charge in [0.2, 0.25) is 0 Å². The number of nitrogens with one attached hydrogen (secondary N) is 1. The van der Waals surface area contributed by atoms with Gasteiger partial charge >= 0.3 is 0 Å². The summed E-state index contributed by atoms with van der Waals surface area (Å²) in [7, 11) is 0. The van der Waals surface area contributed by atoms with Crippen molar-refractivity contribution in [1.82, 2.24) is 5.32 Å². The standard InChI is InChI=1S/C15H19Br2N/c1-3-5-6-7-15(18-8-4-2)12-9-13(16)11-14(17)10-12/h1,9-11,15,18H,4-8H2,2H3. The SMILES string of the molecule is C#CCCCC(NCCC)c1cc(Br)cc(Br)c1. The monoisotopic (exact) mass is 371 g/mol. The van der Waals surface area contributed by atoms with E-state index >= 15 is 0 Å². The second-order valence-corrected chi connectivity index (χ2v) is 6.14. The van der Waals surface area contributed by atoms with Crippen molar-refractivity contribution < 1.29 is 0 Å². The number of halogens is 2. The zero-order valence-corrected chi connectivity index (χ0v) is 13.9. The summed E-state index contributed by atoms with van der Waals surface area (Å²) in [6, 6.07) is 6.79. The highest BCUT2D eigenvalue weighted by Gasteiger charge is 2.11. The smallest absolute Gasteiger partial charge is 0.0321 e. The van der Waals surface area contributed by atoms with Gasteiger partial charge in [-0.1, -0.05) is 38.8 Å². The minimum Gasteiger partial charge on any atom is -0.310 e. The Hall–Kier alpha value is -0.300. The van der Waals surface area contributed by atoms with E-state index in [0.717, 1.165) is 41.2 Å². The minimum atomic E-state index is 0.382. The fraction of sp³-hybridized carbons (Fsp3) is 0.467. The molecule has 0 fully saturated rings. The van der Waals surface area contributed by atoms with Crippen LogP contribution in [0.4, 0.5) is 0 Å². The van der Waals surface area contributed by atoms with Crippen molar-refractivity contribution in [1.29, 1.82) is 0 Å². The predicted octanol–water partition coefficient (Wildman–Crippen LogP) is 5.06. The molecule has 0 aliphatic heterocycles. The fourth-order valence-corrected chi connectivity index (χ4v) is 3.22. The molecule has 1 nitrogen and oxygen atoms in total. The molecular formula is C15H19Br2N. The van der Waals surface area contributed by atoms with Gasteiger partial charge in [-0.25, -0.2) is 0 Å². The van der Waals surface area contributed by atoms with E-state index in [1.807, 2.05) is 0 Å². The van der Waals surface area contributed by atoms with Crippen molar-refractivity contribution in [2.24, 2.45) is 0 Å². The molecule has 0 saturated heterocycles. The maximum absolute atomic E-state index is 5.32. The van der Waals surface area contributed by atoms with E-state index in [9.17, 15) is 0 Å². The topological polar surface area (TPSA) is 12.0 Å². The van der Waals surface area contributed by atoms with Crippen LogP contribution in [0.5, 0.6) is 0 Å². The lowest BCUT2D eigenvalue weighted by Gasteiger charge is -2.19. The molecule has 0 heterocycles. The lowest BCUT2D eigenvalue weighted by atomic mass is 10.0. The number of benzene rings is 1. The summed E-state index contributed by atoms with van der Waals surface area (Å²) >= 11 is 7.08. The Morgan fingerprint density at radius 3 is 2.50 bits per heavy atom. The molecule has 1 atom stereocenters. The van der Waals surface area contributed by atoms with Crippen LogP contribution in [-0.2, 0) is 0 Å². The summed E-state index contributed by atoms with van der Waals surface area (Å²) in [5.41, 5.74) is 1.31. The van der Waals surface area contributed by atoms with Gasteiger partial charge in [0.1, 0.15) is 0 Å². The van der Waals surface area contributed by atoms with E-state index in [4.69, 9.17) is 6.42 Å². The molecule has 0 saturated carbocycles. The summed E-state index contributed by atoms with van der Waals surface area (Å²) in [6.45, 7) is 3.22. The third-order valence-corrected chi connectivity index (χ3v) is 3.66. The van der Waals surface area contributed by atoms with Crippen LogP contribution in [-0.4, -0.2) is 6.54 Å². The molecule has 0 aliphatic carbocycles. The first-order chi connectivity index (χ1) is 8.67. The van der Waals surface area contributed by atoms with Crippen LogP contribution < -0.4 is 5.32 Å². The third-order valence-electron chi connectivity index (χ3n) is 2.74. The Kier molecular flexibility index (Phi) is 7.65. The summed E-state index contributed by atoms with van der Waals surface area (Å²) in [5, 5.41) is 3.59. The maximum Gasteiger partial charge on any atom is 0.0321 e. The van der Waals surface area contributed by atoms with Crippen molar-refractivity contribution in [3.8, 4) is 12.3 Å². The lowest BCUT2D eigenvalue weighted by Crippen LogP contribution is -2.22. The van der Waals surface area contributed by atoms with Crippen LogP contribution in [0.1, 0.15) is 44.2 Å². The van der Waals surface area contributed by atoms with Crippen LogP contribution in [0.25, 0.3) is 0 Å². The number of hydrogen-bond donors (Lipinski definition) is 1. The molecule has 1 rings (SSSR count). The molecule has 0 amide bonds. The van der Waals surface area contributed by atoms with E-state index in [0.29, 0.717) is 6.04 Å². The van der Waals surface area contributed by atoms with E-state index in [-0.39, 0.29) is 0 Å². The zero-order chi connectivity index (χ0) is 13.4.